The van der Waals surface area contributed by atoms with Gasteiger partial charge in [0, 0.05) is 15.4 Å². The lowest BCUT2D eigenvalue weighted by atomic mass is 9.88. The molecule has 0 aliphatic heterocycles. The second-order valence-corrected chi connectivity index (χ2v) is 11.7. The maximum Gasteiger partial charge on any atom is 0.282 e. The highest BCUT2D eigenvalue weighted by Crippen LogP contribution is 2.37. The second kappa shape index (κ2) is 12.7. The van der Waals surface area contributed by atoms with Crippen molar-refractivity contribution in [2.45, 2.75) is 51.6 Å². The normalized spacial score (nSPS) is 14.3. The molecule has 1 aliphatic carbocycles. The number of benzene rings is 3. The minimum Gasteiger partial charge on any atom is -0.490 e. The molecule has 1 saturated carbocycles. The standard InChI is InChI=1S/C30H28Br2ClN3O3/c1-2-38-27-15-20(14-25(32)28(27)39-18-19-8-11-23(33)12-9-19)17-34-36-29(21-6-4-3-5-7-21)35-26-13-10-22(31)16-24(26)30(36)37/h8-17,21H,2-7,18H2,1H3. The van der Waals surface area contributed by atoms with Crippen LogP contribution in [0.3, 0.4) is 0 Å². The molecule has 0 atom stereocenters. The number of hydrogen-bond donors (Lipinski definition) is 0. The highest BCUT2D eigenvalue weighted by atomic mass is 79.9. The third-order valence-electron chi connectivity index (χ3n) is 6.75. The van der Waals surface area contributed by atoms with Gasteiger partial charge in [-0.2, -0.15) is 9.78 Å². The molecule has 1 aliphatic rings. The number of nitrogens with zero attached hydrogens (tertiary/aromatic N) is 3. The van der Waals surface area contributed by atoms with Gasteiger partial charge in [0.05, 0.1) is 28.2 Å². The van der Waals surface area contributed by atoms with Crippen LogP contribution in [0.2, 0.25) is 5.02 Å². The number of aromatic nitrogens is 2. The smallest absolute Gasteiger partial charge is 0.282 e. The molecule has 0 unspecified atom stereocenters. The van der Waals surface area contributed by atoms with Crippen LogP contribution >= 0.6 is 43.5 Å². The summed E-state index contributed by atoms with van der Waals surface area (Å²) in [6.07, 6.45) is 7.16. The van der Waals surface area contributed by atoms with Gasteiger partial charge < -0.3 is 9.47 Å². The molecule has 5 rings (SSSR count). The zero-order chi connectivity index (χ0) is 27.4. The van der Waals surface area contributed by atoms with Gasteiger partial charge in [-0.05, 0) is 89.3 Å². The van der Waals surface area contributed by atoms with Gasteiger partial charge in [-0.15, -0.1) is 0 Å². The Morgan fingerprint density at radius 3 is 2.56 bits per heavy atom. The number of hydrogen-bond acceptors (Lipinski definition) is 5. The topological polar surface area (TPSA) is 65.7 Å². The molecule has 202 valence electrons. The lowest BCUT2D eigenvalue weighted by molar-refractivity contribution is 0.267. The summed E-state index contributed by atoms with van der Waals surface area (Å²) in [5.41, 5.74) is 2.27. The fourth-order valence-electron chi connectivity index (χ4n) is 4.83. The average Bonchev–Trinajstić information content (AvgIpc) is 2.94. The Labute approximate surface area is 249 Å². The van der Waals surface area contributed by atoms with Crippen molar-refractivity contribution in [1.82, 2.24) is 9.66 Å². The SMILES string of the molecule is CCOc1cc(C=Nn2c(C3CCCCC3)nc3ccc(Br)cc3c2=O)cc(Br)c1OCc1ccc(Cl)cc1. The molecule has 1 fully saturated rings. The molecule has 0 amide bonds. The van der Waals surface area contributed by atoms with E-state index in [0.717, 1.165) is 51.6 Å². The van der Waals surface area contributed by atoms with Crippen molar-refractivity contribution in [2.24, 2.45) is 5.10 Å². The lowest BCUT2D eigenvalue weighted by Crippen LogP contribution is -2.25. The minimum absolute atomic E-state index is 0.176. The molecule has 0 N–H and O–H groups in total. The van der Waals surface area contributed by atoms with Crippen LogP contribution in [0.4, 0.5) is 0 Å². The van der Waals surface area contributed by atoms with E-state index in [9.17, 15) is 4.79 Å². The third kappa shape index (κ3) is 6.56. The van der Waals surface area contributed by atoms with Crippen molar-refractivity contribution in [3.8, 4) is 11.5 Å². The van der Waals surface area contributed by atoms with Crippen molar-refractivity contribution in [2.75, 3.05) is 6.61 Å². The molecule has 3 aromatic carbocycles. The number of rotatable bonds is 8. The predicted molar refractivity (Wildman–Crippen MR) is 164 cm³/mol. The minimum atomic E-state index is -0.176. The van der Waals surface area contributed by atoms with Crippen LogP contribution < -0.4 is 15.0 Å². The first-order valence-corrected chi connectivity index (χ1v) is 15.0. The quantitative estimate of drug-likeness (QED) is 0.176. The number of fused-ring (bicyclic) bond motifs is 1. The molecule has 1 aromatic heterocycles. The molecular weight excluding hydrogens is 646 g/mol. The van der Waals surface area contributed by atoms with E-state index in [1.807, 2.05) is 55.5 Å². The molecule has 39 heavy (non-hydrogen) atoms. The highest BCUT2D eigenvalue weighted by Gasteiger charge is 2.22. The van der Waals surface area contributed by atoms with E-state index in [2.05, 4.69) is 37.0 Å². The van der Waals surface area contributed by atoms with Crippen molar-refractivity contribution in [3.63, 3.8) is 0 Å². The zero-order valence-corrected chi connectivity index (χ0v) is 25.4. The van der Waals surface area contributed by atoms with Gasteiger partial charge in [-0.1, -0.05) is 58.9 Å². The fraction of sp³-hybridized carbons (Fsp3) is 0.300. The second-order valence-electron chi connectivity index (χ2n) is 9.51. The largest absolute Gasteiger partial charge is 0.490 e. The molecule has 0 saturated heterocycles. The van der Waals surface area contributed by atoms with Gasteiger partial charge in [-0.25, -0.2) is 4.98 Å². The van der Waals surface area contributed by atoms with Gasteiger partial charge in [-0.3, -0.25) is 4.79 Å². The first kappa shape index (κ1) is 27.9. The molecule has 4 aromatic rings. The van der Waals surface area contributed by atoms with Crippen LogP contribution in [0.1, 0.15) is 61.9 Å². The van der Waals surface area contributed by atoms with E-state index in [1.54, 1.807) is 12.3 Å². The van der Waals surface area contributed by atoms with Crippen molar-refractivity contribution in [1.29, 1.82) is 0 Å². The molecule has 0 spiro atoms. The van der Waals surface area contributed by atoms with Crippen molar-refractivity contribution in [3.05, 3.63) is 95.9 Å². The number of ether oxygens (including phenoxy) is 2. The Kier molecular flexibility index (Phi) is 9.05. The van der Waals surface area contributed by atoms with Crippen LogP contribution in [0.15, 0.2) is 73.4 Å². The summed E-state index contributed by atoms with van der Waals surface area (Å²) < 4.78 is 15.1. The van der Waals surface area contributed by atoms with Crippen molar-refractivity contribution >= 4 is 60.6 Å². The van der Waals surface area contributed by atoms with Crippen LogP contribution in [-0.2, 0) is 6.61 Å². The first-order valence-electron chi connectivity index (χ1n) is 13.0. The molecular formula is C30H28Br2ClN3O3. The summed E-state index contributed by atoms with van der Waals surface area (Å²) >= 11 is 13.1. The monoisotopic (exact) mass is 671 g/mol. The van der Waals surface area contributed by atoms with E-state index >= 15 is 0 Å². The molecule has 0 radical (unpaired) electrons. The third-order valence-corrected chi connectivity index (χ3v) is 8.09. The summed E-state index contributed by atoms with van der Waals surface area (Å²) in [6, 6.07) is 16.9. The molecule has 1 heterocycles. The van der Waals surface area contributed by atoms with E-state index in [0.29, 0.717) is 40.6 Å². The fourth-order valence-corrected chi connectivity index (χ4v) is 5.89. The van der Waals surface area contributed by atoms with Gasteiger partial charge in [0.2, 0.25) is 0 Å². The van der Waals surface area contributed by atoms with Crippen LogP contribution in [-0.4, -0.2) is 22.5 Å². The first-order chi connectivity index (χ1) is 18.9. The Bertz CT molecular complexity index is 1570. The molecule has 6 nitrogen and oxygen atoms in total. The van der Waals surface area contributed by atoms with Crippen molar-refractivity contribution < 1.29 is 9.47 Å². The zero-order valence-electron chi connectivity index (χ0n) is 21.5. The van der Waals surface area contributed by atoms with Gasteiger partial charge in [0.25, 0.3) is 5.56 Å². The summed E-state index contributed by atoms with van der Waals surface area (Å²) in [6.45, 7) is 2.76. The van der Waals surface area contributed by atoms with Crippen LogP contribution in [0.5, 0.6) is 11.5 Å². The van der Waals surface area contributed by atoms with Gasteiger partial charge in [0.15, 0.2) is 11.5 Å². The molecule has 0 bridgehead atoms. The van der Waals surface area contributed by atoms with E-state index < -0.39 is 0 Å². The Hall–Kier alpha value is -2.68. The van der Waals surface area contributed by atoms with E-state index in [-0.39, 0.29) is 11.5 Å². The summed E-state index contributed by atoms with van der Waals surface area (Å²) in [5, 5.41) is 5.89. The Balaban J connectivity index is 1.50. The van der Waals surface area contributed by atoms with Gasteiger partial charge in [0.1, 0.15) is 12.4 Å². The Morgan fingerprint density at radius 1 is 1.05 bits per heavy atom. The predicted octanol–water partition coefficient (Wildman–Crippen LogP) is 8.48. The summed E-state index contributed by atoms with van der Waals surface area (Å²) in [7, 11) is 0. The molecule has 9 heteroatoms. The maximum atomic E-state index is 13.6. The van der Waals surface area contributed by atoms with Crippen LogP contribution in [0, 0.1) is 0 Å². The maximum absolute atomic E-state index is 13.6. The summed E-state index contributed by atoms with van der Waals surface area (Å²) in [5.74, 6) is 2.10. The average molecular weight is 674 g/mol. The van der Waals surface area contributed by atoms with E-state index in [1.165, 1.54) is 11.1 Å². The summed E-state index contributed by atoms with van der Waals surface area (Å²) in [4.78, 5) is 18.5. The van der Waals surface area contributed by atoms with Crippen LogP contribution in [0.25, 0.3) is 10.9 Å². The highest BCUT2D eigenvalue weighted by molar-refractivity contribution is 9.10. The van der Waals surface area contributed by atoms with E-state index in [4.69, 9.17) is 26.1 Å². The lowest BCUT2D eigenvalue weighted by Gasteiger charge is -2.22. The Morgan fingerprint density at radius 2 is 1.82 bits per heavy atom. The number of halogens is 3. The van der Waals surface area contributed by atoms with Gasteiger partial charge >= 0.3 is 0 Å².